The van der Waals surface area contributed by atoms with E-state index >= 15 is 0 Å². The van der Waals surface area contributed by atoms with E-state index in [0.717, 1.165) is 22.8 Å². The molecule has 1 atom stereocenters. The van der Waals surface area contributed by atoms with E-state index in [9.17, 15) is 0 Å². The summed E-state index contributed by atoms with van der Waals surface area (Å²) < 4.78 is 5.80. The van der Waals surface area contributed by atoms with Crippen molar-refractivity contribution in [2.45, 2.75) is 26.8 Å². The quantitative estimate of drug-likeness (QED) is 0.828. The summed E-state index contributed by atoms with van der Waals surface area (Å²) in [5.41, 5.74) is 2.07. The second kappa shape index (κ2) is 7.75. The zero-order valence-corrected chi connectivity index (χ0v) is 13.9. The third kappa shape index (κ3) is 5.00. The fourth-order valence-electron chi connectivity index (χ4n) is 1.96. The number of nitrogens with zero attached hydrogens (tertiary/aromatic N) is 1. The minimum Gasteiger partial charge on any atom is -0.491 e. The van der Waals surface area contributed by atoms with Crippen molar-refractivity contribution >= 4 is 23.1 Å². The van der Waals surface area contributed by atoms with Crippen molar-refractivity contribution in [3.8, 4) is 5.75 Å². The maximum absolute atomic E-state index is 5.80. The molecule has 0 spiro atoms. The maximum atomic E-state index is 5.80. The van der Waals surface area contributed by atoms with Gasteiger partial charge in [-0.2, -0.15) is 0 Å². The summed E-state index contributed by atoms with van der Waals surface area (Å²) in [6.45, 7) is 6.53. The number of anilines is 1. The van der Waals surface area contributed by atoms with Crippen LogP contribution in [0.5, 0.6) is 5.75 Å². The Balaban J connectivity index is 1.80. The van der Waals surface area contributed by atoms with Crippen molar-refractivity contribution in [1.29, 1.82) is 0 Å². The molecule has 0 unspecified atom stereocenters. The smallest absolute Gasteiger partial charge is 0.172 e. The van der Waals surface area contributed by atoms with E-state index in [1.54, 1.807) is 0 Å². The lowest BCUT2D eigenvalue weighted by atomic mass is 10.2. The predicted octanol–water partition coefficient (Wildman–Crippen LogP) is 3.45. The third-order valence-corrected chi connectivity index (χ3v) is 3.31. The van der Waals surface area contributed by atoms with Crippen molar-refractivity contribution in [2.24, 2.45) is 0 Å². The van der Waals surface area contributed by atoms with Gasteiger partial charge in [-0.15, -0.1) is 0 Å². The van der Waals surface area contributed by atoms with Crippen LogP contribution >= 0.6 is 12.2 Å². The van der Waals surface area contributed by atoms with Crippen LogP contribution in [0.3, 0.4) is 0 Å². The van der Waals surface area contributed by atoms with Crippen LogP contribution in [0.25, 0.3) is 0 Å². The molecule has 0 aliphatic heterocycles. The highest BCUT2D eigenvalue weighted by Gasteiger charge is 2.07. The normalized spacial score (nSPS) is 11.6. The Morgan fingerprint density at radius 3 is 2.68 bits per heavy atom. The van der Waals surface area contributed by atoms with Crippen LogP contribution < -0.4 is 15.4 Å². The molecule has 116 valence electrons. The van der Waals surface area contributed by atoms with E-state index in [1.165, 1.54) is 0 Å². The van der Waals surface area contributed by atoms with Crippen LogP contribution in [-0.4, -0.2) is 22.7 Å². The molecule has 0 bridgehead atoms. The summed E-state index contributed by atoms with van der Waals surface area (Å²) in [5.74, 6) is 1.64. The summed E-state index contributed by atoms with van der Waals surface area (Å²) in [7, 11) is 0. The second-order valence-corrected chi connectivity index (χ2v) is 5.65. The minimum atomic E-state index is 0.0874. The second-order valence-electron chi connectivity index (χ2n) is 5.24. The van der Waals surface area contributed by atoms with E-state index < -0.39 is 0 Å². The average molecular weight is 315 g/mol. The zero-order chi connectivity index (χ0) is 15.9. The Morgan fingerprint density at radius 1 is 1.18 bits per heavy atom. The van der Waals surface area contributed by atoms with E-state index in [0.29, 0.717) is 11.7 Å². The first kappa shape index (κ1) is 16.2. The Hall–Kier alpha value is -2.14. The van der Waals surface area contributed by atoms with E-state index in [4.69, 9.17) is 17.0 Å². The Labute approximate surface area is 136 Å². The molecule has 0 aliphatic carbocycles. The molecule has 0 amide bonds. The molecule has 0 radical (unpaired) electrons. The molecule has 1 heterocycles. The molecular weight excluding hydrogens is 294 g/mol. The number of para-hydroxylation sites is 1. The number of aromatic nitrogens is 1. The molecule has 0 fully saturated rings. The lowest BCUT2D eigenvalue weighted by Gasteiger charge is -2.18. The van der Waals surface area contributed by atoms with Crippen molar-refractivity contribution in [3.05, 3.63) is 53.7 Å². The molecule has 1 aromatic carbocycles. The Bertz CT molecular complexity index is 645. The molecule has 22 heavy (non-hydrogen) atoms. The van der Waals surface area contributed by atoms with Crippen LogP contribution in [0.4, 0.5) is 5.82 Å². The van der Waals surface area contributed by atoms with Gasteiger partial charge in [-0.05, 0) is 56.8 Å². The Kier molecular flexibility index (Phi) is 5.72. The van der Waals surface area contributed by atoms with Gasteiger partial charge in [-0.3, -0.25) is 0 Å². The molecule has 1 aromatic heterocycles. The summed E-state index contributed by atoms with van der Waals surface area (Å²) in [6.07, 6.45) is 0. The third-order valence-electron chi connectivity index (χ3n) is 3.09. The summed E-state index contributed by atoms with van der Waals surface area (Å²) >= 11 is 5.29. The molecule has 2 aromatic rings. The highest BCUT2D eigenvalue weighted by Crippen LogP contribution is 2.16. The average Bonchev–Trinajstić information content (AvgIpc) is 2.46. The molecule has 4 nitrogen and oxygen atoms in total. The number of pyridine rings is 1. The van der Waals surface area contributed by atoms with Gasteiger partial charge in [0.05, 0.1) is 6.04 Å². The monoisotopic (exact) mass is 315 g/mol. The van der Waals surface area contributed by atoms with Gasteiger partial charge in [0.15, 0.2) is 5.11 Å². The largest absolute Gasteiger partial charge is 0.491 e. The number of rotatable bonds is 5. The van der Waals surface area contributed by atoms with Crippen LogP contribution in [0.1, 0.15) is 18.2 Å². The van der Waals surface area contributed by atoms with Crippen molar-refractivity contribution in [1.82, 2.24) is 10.3 Å². The van der Waals surface area contributed by atoms with Crippen molar-refractivity contribution in [3.63, 3.8) is 0 Å². The van der Waals surface area contributed by atoms with E-state index in [-0.39, 0.29) is 6.04 Å². The molecule has 2 N–H and O–H groups in total. The lowest BCUT2D eigenvalue weighted by molar-refractivity contribution is 0.285. The first-order valence-electron chi connectivity index (χ1n) is 7.24. The molecule has 5 heteroatoms. The van der Waals surface area contributed by atoms with Crippen LogP contribution in [0.15, 0.2) is 42.5 Å². The van der Waals surface area contributed by atoms with Gasteiger partial charge in [-0.25, -0.2) is 4.98 Å². The number of hydrogen-bond donors (Lipinski definition) is 2. The van der Waals surface area contributed by atoms with Gasteiger partial charge in [0, 0.05) is 5.69 Å². The highest BCUT2D eigenvalue weighted by atomic mass is 32.1. The minimum absolute atomic E-state index is 0.0874. The number of thiocarbonyl (C=S) groups is 1. The number of benzene rings is 1. The van der Waals surface area contributed by atoms with Crippen LogP contribution in [-0.2, 0) is 0 Å². The molecule has 0 saturated heterocycles. The molecule has 0 saturated carbocycles. The Morgan fingerprint density at radius 2 is 1.95 bits per heavy atom. The lowest BCUT2D eigenvalue weighted by Crippen LogP contribution is -2.39. The fraction of sp³-hybridized carbons (Fsp3) is 0.294. The zero-order valence-electron chi connectivity index (χ0n) is 13.1. The molecular formula is C17H21N3OS. The topological polar surface area (TPSA) is 46.2 Å². The standard InChI is InChI=1S/C17H21N3OS/c1-12-7-4-5-9-15(12)21-11-14(3)19-17(22)20-16-10-6-8-13(2)18-16/h4-10,14H,11H2,1-3H3,(H2,18,19,20,22)/t14-/m1/s1. The van der Waals surface area contributed by atoms with Crippen molar-refractivity contribution < 1.29 is 4.74 Å². The predicted molar refractivity (Wildman–Crippen MR) is 94.5 cm³/mol. The van der Waals surface area contributed by atoms with Crippen LogP contribution in [0, 0.1) is 13.8 Å². The summed E-state index contributed by atoms with van der Waals surface area (Å²) in [5, 5.41) is 6.81. The van der Waals surface area contributed by atoms with E-state index in [2.05, 4.69) is 15.6 Å². The SMILES string of the molecule is Cc1cccc(NC(=S)N[C@H](C)COc2ccccc2C)n1. The van der Waals surface area contributed by atoms with Gasteiger partial charge in [0.25, 0.3) is 0 Å². The van der Waals surface area contributed by atoms with Gasteiger partial charge < -0.3 is 15.4 Å². The van der Waals surface area contributed by atoms with Crippen LogP contribution in [0.2, 0.25) is 0 Å². The summed E-state index contributed by atoms with van der Waals surface area (Å²) in [6, 6.07) is 13.8. The molecule has 2 rings (SSSR count). The first-order chi connectivity index (χ1) is 10.5. The maximum Gasteiger partial charge on any atom is 0.172 e. The first-order valence-corrected chi connectivity index (χ1v) is 7.65. The number of aryl methyl sites for hydroxylation is 2. The number of nitrogens with one attached hydrogen (secondary N) is 2. The molecule has 0 aliphatic rings. The van der Waals surface area contributed by atoms with Gasteiger partial charge in [-0.1, -0.05) is 24.3 Å². The van der Waals surface area contributed by atoms with Gasteiger partial charge in [0.1, 0.15) is 18.2 Å². The summed E-state index contributed by atoms with van der Waals surface area (Å²) in [4.78, 5) is 4.36. The van der Waals surface area contributed by atoms with E-state index in [1.807, 2.05) is 63.2 Å². The number of ether oxygens (including phenoxy) is 1. The highest BCUT2D eigenvalue weighted by molar-refractivity contribution is 7.80. The van der Waals surface area contributed by atoms with Gasteiger partial charge >= 0.3 is 0 Å². The fourth-order valence-corrected chi connectivity index (χ4v) is 2.27. The van der Waals surface area contributed by atoms with Gasteiger partial charge in [0.2, 0.25) is 0 Å². The number of hydrogen-bond acceptors (Lipinski definition) is 3. The van der Waals surface area contributed by atoms with Crippen molar-refractivity contribution in [2.75, 3.05) is 11.9 Å².